The van der Waals surface area contributed by atoms with Crippen molar-refractivity contribution in [1.29, 1.82) is 0 Å². The molecule has 2 heterocycles. The van der Waals surface area contributed by atoms with Crippen molar-refractivity contribution in [3.8, 4) is 0 Å². The van der Waals surface area contributed by atoms with Gasteiger partial charge in [-0.05, 0) is 60.5 Å². The van der Waals surface area contributed by atoms with E-state index in [1.54, 1.807) is 17.0 Å². The number of aryl methyl sites for hydroxylation is 2. The summed E-state index contributed by atoms with van der Waals surface area (Å²) in [7, 11) is 0. The average Bonchev–Trinajstić information content (AvgIpc) is 3.25. The van der Waals surface area contributed by atoms with Crippen molar-refractivity contribution >= 4 is 45.6 Å². The molecule has 0 saturated heterocycles. The average molecular weight is 463 g/mol. The summed E-state index contributed by atoms with van der Waals surface area (Å²) in [5.74, 6) is -0.518. The van der Waals surface area contributed by atoms with Gasteiger partial charge >= 0.3 is 6.03 Å². The van der Waals surface area contributed by atoms with Crippen LogP contribution in [0.3, 0.4) is 0 Å². The second kappa shape index (κ2) is 10.3. The van der Waals surface area contributed by atoms with Gasteiger partial charge in [-0.2, -0.15) is 0 Å². The molecule has 0 radical (unpaired) electrons. The molecule has 0 aliphatic carbocycles. The summed E-state index contributed by atoms with van der Waals surface area (Å²) in [6.45, 7) is 2.19. The van der Waals surface area contributed by atoms with E-state index in [1.807, 2.05) is 60.8 Å². The van der Waals surface area contributed by atoms with Crippen molar-refractivity contribution < 1.29 is 14.4 Å². The van der Waals surface area contributed by atoms with Crippen LogP contribution in [-0.4, -0.2) is 37.5 Å². The number of carbonyl (C=O) groups excluding carboxylic acids is 3. The molecule has 0 unspecified atom stereocenters. The predicted molar refractivity (Wildman–Crippen MR) is 132 cm³/mol. The maximum Gasteiger partial charge on any atom is 0.320 e. The van der Waals surface area contributed by atoms with Gasteiger partial charge < -0.3 is 15.1 Å². The number of amides is 4. The molecule has 4 rings (SSSR count). The maximum atomic E-state index is 13.3. The third kappa shape index (κ3) is 5.40. The van der Waals surface area contributed by atoms with Crippen LogP contribution >= 0.6 is 11.3 Å². The smallest absolute Gasteiger partial charge is 0.320 e. The van der Waals surface area contributed by atoms with Crippen LogP contribution in [0.1, 0.15) is 17.5 Å². The molecular weight excluding hydrogens is 436 g/mol. The molecule has 1 aromatic heterocycles. The van der Waals surface area contributed by atoms with Gasteiger partial charge in [0.2, 0.25) is 11.8 Å². The molecule has 8 heteroatoms. The highest BCUT2D eigenvalue weighted by atomic mass is 32.1. The number of nitrogens with one attached hydrogen (secondary N) is 2. The third-order valence-electron chi connectivity index (χ3n) is 5.56. The largest absolute Gasteiger partial charge is 0.329 e. The molecule has 1 aliphatic rings. The normalized spacial score (nSPS) is 12.6. The Morgan fingerprint density at radius 3 is 2.55 bits per heavy atom. The molecule has 3 aromatic rings. The molecule has 2 aromatic carbocycles. The Morgan fingerprint density at radius 2 is 1.79 bits per heavy atom. The lowest BCUT2D eigenvalue weighted by Crippen LogP contribution is -2.48. The number of fused-ring (bicyclic) bond motifs is 1. The first-order chi connectivity index (χ1) is 16.0. The summed E-state index contributed by atoms with van der Waals surface area (Å²) in [6, 6.07) is 18.4. The Balaban J connectivity index is 1.45. The zero-order valence-corrected chi connectivity index (χ0v) is 19.2. The number of thiophene rings is 1. The fraction of sp³-hybridized carbons (Fsp3) is 0.240. The molecule has 33 heavy (non-hydrogen) atoms. The fourth-order valence-corrected chi connectivity index (χ4v) is 4.66. The molecule has 0 fully saturated rings. The van der Waals surface area contributed by atoms with Gasteiger partial charge in [-0.3, -0.25) is 14.9 Å². The number of rotatable bonds is 6. The van der Waals surface area contributed by atoms with Crippen LogP contribution in [-0.2, 0) is 16.0 Å². The van der Waals surface area contributed by atoms with E-state index in [2.05, 4.69) is 10.6 Å². The van der Waals surface area contributed by atoms with Gasteiger partial charge in [0.1, 0.15) is 6.54 Å². The number of hydrogen-bond acceptors (Lipinski definition) is 4. The second-order valence-electron chi connectivity index (χ2n) is 7.83. The standard InChI is InChI=1S/C25H26N4O3S/c1-18-13-15-33-24(18)27-25(32)26-16-22(30)29(20-10-3-2-4-11-20)17-23(31)28-14-7-9-19-8-5-6-12-21(19)28/h2-6,8,10-13,15H,7,9,14,16-17H2,1H3,(H2,26,27,32). The molecular formula is C25H26N4O3S. The summed E-state index contributed by atoms with van der Waals surface area (Å²) in [4.78, 5) is 41.8. The highest BCUT2D eigenvalue weighted by Gasteiger charge is 2.26. The first-order valence-corrected chi connectivity index (χ1v) is 11.7. The molecule has 2 N–H and O–H groups in total. The van der Waals surface area contributed by atoms with Gasteiger partial charge in [0.15, 0.2) is 0 Å². The summed E-state index contributed by atoms with van der Waals surface area (Å²) in [5.41, 5.74) is 3.60. The van der Waals surface area contributed by atoms with Crippen LogP contribution < -0.4 is 20.4 Å². The Morgan fingerprint density at radius 1 is 1.03 bits per heavy atom. The van der Waals surface area contributed by atoms with Gasteiger partial charge in [-0.1, -0.05) is 36.4 Å². The first kappa shape index (κ1) is 22.5. The Kier molecular flexibility index (Phi) is 7.04. The minimum absolute atomic E-state index is 0.107. The van der Waals surface area contributed by atoms with Crippen molar-refractivity contribution in [2.75, 3.05) is 34.8 Å². The van der Waals surface area contributed by atoms with E-state index in [1.165, 1.54) is 16.2 Å². The minimum atomic E-state index is -0.460. The van der Waals surface area contributed by atoms with Crippen molar-refractivity contribution in [1.82, 2.24) is 5.32 Å². The molecule has 0 spiro atoms. The van der Waals surface area contributed by atoms with E-state index in [0.29, 0.717) is 12.2 Å². The number of anilines is 3. The van der Waals surface area contributed by atoms with Crippen LogP contribution in [0.2, 0.25) is 0 Å². The number of benzene rings is 2. The van der Waals surface area contributed by atoms with Gasteiger partial charge in [-0.15, -0.1) is 11.3 Å². The zero-order valence-electron chi connectivity index (χ0n) is 18.4. The lowest BCUT2D eigenvalue weighted by molar-refractivity contribution is -0.122. The Hall–Kier alpha value is -3.65. The lowest BCUT2D eigenvalue weighted by Gasteiger charge is -2.32. The van der Waals surface area contributed by atoms with Gasteiger partial charge in [-0.25, -0.2) is 4.79 Å². The van der Waals surface area contributed by atoms with Crippen molar-refractivity contribution in [3.63, 3.8) is 0 Å². The highest BCUT2D eigenvalue weighted by molar-refractivity contribution is 7.14. The Labute approximate surface area is 197 Å². The summed E-state index contributed by atoms with van der Waals surface area (Å²) in [6.07, 6.45) is 1.82. The van der Waals surface area contributed by atoms with Crippen LogP contribution in [0.5, 0.6) is 0 Å². The van der Waals surface area contributed by atoms with Crippen molar-refractivity contribution in [2.24, 2.45) is 0 Å². The van der Waals surface area contributed by atoms with E-state index < -0.39 is 6.03 Å². The highest BCUT2D eigenvalue weighted by Crippen LogP contribution is 2.27. The van der Waals surface area contributed by atoms with Crippen molar-refractivity contribution in [2.45, 2.75) is 19.8 Å². The number of carbonyl (C=O) groups is 3. The lowest BCUT2D eigenvalue weighted by atomic mass is 10.0. The number of urea groups is 1. The minimum Gasteiger partial charge on any atom is -0.329 e. The monoisotopic (exact) mass is 462 g/mol. The molecule has 1 aliphatic heterocycles. The van der Waals surface area contributed by atoms with E-state index >= 15 is 0 Å². The van der Waals surface area contributed by atoms with Crippen molar-refractivity contribution in [3.05, 3.63) is 77.2 Å². The molecule has 0 saturated carbocycles. The summed E-state index contributed by atoms with van der Waals surface area (Å²) < 4.78 is 0. The van der Waals surface area contributed by atoms with Gasteiger partial charge in [0.25, 0.3) is 0 Å². The van der Waals surface area contributed by atoms with E-state index in [-0.39, 0.29) is 24.9 Å². The molecule has 170 valence electrons. The van der Waals surface area contributed by atoms with E-state index in [4.69, 9.17) is 0 Å². The van der Waals surface area contributed by atoms with Crippen LogP contribution in [0.15, 0.2) is 66.0 Å². The molecule has 4 amide bonds. The van der Waals surface area contributed by atoms with Crippen LogP contribution in [0.4, 0.5) is 21.2 Å². The summed E-state index contributed by atoms with van der Waals surface area (Å²) >= 11 is 1.42. The zero-order chi connectivity index (χ0) is 23.2. The Bertz CT molecular complexity index is 1150. The molecule has 0 atom stereocenters. The SMILES string of the molecule is Cc1ccsc1NC(=O)NCC(=O)N(CC(=O)N1CCCc2ccccc21)c1ccccc1. The first-order valence-electron chi connectivity index (χ1n) is 10.9. The van der Waals surface area contributed by atoms with Gasteiger partial charge in [0, 0.05) is 17.9 Å². The fourth-order valence-electron chi connectivity index (χ4n) is 3.84. The van der Waals surface area contributed by atoms with E-state index in [0.717, 1.165) is 34.7 Å². The second-order valence-corrected chi connectivity index (χ2v) is 8.75. The topological polar surface area (TPSA) is 81.8 Å². The van der Waals surface area contributed by atoms with Crippen LogP contribution in [0.25, 0.3) is 0 Å². The van der Waals surface area contributed by atoms with Crippen LogP contribution in [0, 0.1) is 6.92 Å². The van der Waals surface area contributed by atoms with E-state index in [9.17, 15) is 14.4 Å². The maximum absolute atomic E-state index is 13.3. The van der Waals surface area contributed by atoms with Gasteiger partial charge in [0.05, 0.1) is 11.5 Å². The number of para-hydroxylation sites is 2. The number of hydrogen-bond donors (Lipinski definition) is 2. The quantitative estimate of drug-likeness (QED) is 0.576. The third-order valence-corrected chi connectivity index (χ3v) is 6.49. The molecule has 7 nitrogen and oxygen atoms in total. The summed E-state index contributed by atoms with van der Waals surface area (Å²) in [5, 5.41) is 7.98. The predicted octanol–water partition coefficient (Wildman–Crippen LogP) is 4.19. The molecule has 0 bridgehead atoms. The number of nitrogens with zero attached hydrogens (tertiary/aromatic N) is 2.